The zero-order valence-electron chi connectivity index (χ0n) is 15.6. The molecule has 2 saturated carbocycles. The molecule has 2 aliphatic carbocycles. The number of urea groups is 1. The largest absolute Gasteiger partial charge is 0.497 e. The van der Waals surface area contributed by atoms with Crippen LogP contribution in [0.2, 0.25) is 0 Å². The predicted molar refractivity (Wildman–Crippen MR) is 101 cm³/mol. The van der Waals surface area contributed by atoms with Crippen molar-refractivity contribution in [2.24, 2.45) is 17.8 Å². The fraction of sp³-hybridized carbons (Fsp3) is 0.600. The van der Waals surface area contributed by atoms with Crippen LogP contribution in [0.3, 0.4) is 0 Å². The second-order valence-corrected chi connectivity index (χ2v) is 7.55. The quantitative estimate of drug-likeness (QED) is 0.700. The summed E-state index contributed by atoms with van der Waals surface area (Å²) in [6, 6.07) is 7.00. The number of nitrogens with one attached hydrogen (secondary N) is 3. The Kier molecular flexibility index (Phi) is 6.01. The normalized spacial score (nSPS) is 24.8. The van der Waals surface area contributed by atoms with E-state index in [1.165, 1.54) is 25.7 Å². The first-order chi connectivity index (χ1) is 12.5. The van der Waals surface area contributed by atoms with Crippen molar-refractivity contribution < 1.29 is 14.3 Å². The van der Waals surface area contributed by atoms with Crippen LogP contribution >= 0.6 is 0 Å². The summed E-state index contributed by atoms with van der Waals surface area (Å²) in [5.74, 6) is 3.04. The van der Waals surface area contributed by atoms with E-state index in [2.05, 4.69) is 22.9 Å². The van der Waals surface area contributed by atoms with E-state index < -0.39 is 0 Å². The van der Waals surface area contributed by atoms with Crippen LogP contribution in [0, 0.1) is 17.8 Å². The molecular weight excluding hydrogens is 330 g/mol. The molecule has 0 spiro atoms. The summed E-state index contributed by atoms with van der Waals surface area (Å²) < 4.78 is 5.08. The highest BCUT2D eigenvalue weighted by molar-refractivity contribution is 5.89. The van der Waals surface area contributed by atoms with Gasteiger partial charge in [0, 0.05) is 24.7 Å². The molecule has 0 aromatic heterocycles. The van der Waals surface area contributed by atoms with Crippen LogP contribution in [0.15, 0.2) is 24.3 Å². The maximum absolute atomic E-state index is 12.1. The second-order valence-electron chi connectivity index (χ2n) is 7.55. The molecule has 3 N–H and O–H groups in total. The van der Waals surface area contributed by atoms with Crippen molar-refractivity contribution >= 4 is 17.6 Å². The molecule has 2 fully saturated rings. The molecule has 0 heterocycles. The fourth-order valence-electron chi connectivity index (χ4n) is 4.48. The lowest BCUT2D eigenvalue weighted by Gasteiger charge is -2.28. The van der Waals surface area contributed by atoms with Crippen LogP contribution in [0.1, 0.15) is 39.0 Å². The average Bonchev–Trinajstić information content (AvgIpc) is 3.25. The van der Waals surface area contributed by atoms with Gasteiger partial charge in [0.25, 0.3) is 0 Å². The van der Waals surface area contributed by atoms with E-state index in [0.29, 0.717) is 24.6 Å². The Morgan fingerprint density at radius 3 is 2.58 bits per heavy atom. The topological polar surface area (TPSA) is 79.5 Å². The van der Waals surface area contributed by atoms with Crippen molar-refractivity contribution in [3.8, 4) is 5.75 Å². The maximum Gasteiger partial charge on any atom is 0.319 e. The Morgan fingerprint density at radius 1 is 1.19 bits per heavy atom. The Morgan fingerprint density at radius 2 is 1.96 bits per heavy atom. The van der Waals surface area contributed by atoms with E-state index in [0.717, 1.165) is 17.6 Å². The predicted octanol–water partition coefficient (Wildman–Crippen LogP) is 3.15. The van der Waals surface area contributed by atoms with Gasteiger partial charge in [-0.25, -0.2) is 4.79 Å². The Balaban J connectivity index is 1.33. The molecular formula is C20H29N3O3. The summed E-state index contributed by atoms with van der Waals surface area (Å²) in [5, 5.41) is 8.57. The van der Waals surface area contributed by atoms with E-state index in [9.17, 15) is 9.59 Å². The third kappa shape index (κ3) is 4.68. The highest BCUT2D eigenvalue weighted by Crippen LogP contribution is 2.49. The minimum atomic E-state index is -0.316. The molecule has 1 aromatic rings. The molecule has 0 aliphatic heterocycles. The molecule has 0 saturated heterocycles. The van der Waals surface area contributed by atoms with Crippen LogP contribution in [-0.4, -0.2) is 31.6 Å². The Labute approximate surface area is 155 Å². The summed E-state index contributed by atoms with van der Waals surface area (Å²) in [5.41, 5.74) is 0.678. The third-order valence-corrected chi connectivity index (χ3v) is 5.81. The standard InChI is InChI=1S/C20H29N3O3/c1-13(18-12-14-3-4-15(18)11-14)22-19(24)9-10-21-20(25)23-16-5-7-17(26-2)8-6-16/h5-8,13-15,18H,3-4,9-12H2,1-2H3,(H,22,24)(H2,21,23,25)/t13-,14+,15+,18+/m1/s1. The summed E-state index contributed by atoms with van der Waals surface area (Å²) in [6.07, 6.45) is 5.59. The molecule has 142 valence electrons. The lowest BCUT2D eigenvalue weighted by molar-refractivity contribution is -0.122. The number of fused-ring (bicyclic) bond motifs is 2. The van der Waals surface area contributed by atoms with Gasteiger partial charge in [-0.2, -0.15) is 0 Å². The van der Waals surface area contributed by atoms with Crippen LogP contribution in [-0.2, 0) is 4.79 Å². The molecule has 0 radical (unpaired) electrons. The van der Waals surface area contributed by atoms with Crippen LogP contribution in [0.25, 0.3) is 0 Å². The van der Waals surface area contributed by atoms with Crippen molar-refractivity contribution in [2.45, 2.75) is 45.1 Å². The highest BCUT2D eigenvalue weighted by atomic mass is 16.5. The smallest absolute Gasteiger partial charge is 0.319 e. The van der Waals surface area contributed by atoms with Gasteiger partial charge in [0.05, 0.1) is 7.11 Å². The molecule has 4 atom stereocenters. The van der Waals surface area contributed by atoms with Gasteiger partial charge in [-0.05, 0) is 68.2 Å². The number of carbonyl (C=O) groups excluding carboxylic acids is 2. The maximum atomic E-state index is 12.1. The zero-order chi connectivity index (χ0) is 18.5. The van der Waals surface area contributed by atoms with E-state index in [1.807, 2.05) is 0 Å². The summed E-state index contributed by atoms with van der Waals surface area (Å²) in [7, 11) is 1.60. The van der Waals surface area contributed by atoms with Gasteiger partial charge in [0.2, 0.25) is 5.91 Å². The Bertz CT molecular complexity index is 632. The van der Waals surface area contributed by atoms with E-state index in [4.69, 9.17) is 4.74 Å². The number of benzene rings is 1. The van der Waals surface area contributed by atoms with Crippen LogP contribution < -0.4 is 20.7 Å². The first-order valence-electron chi connectivity index (χ1n) is 9.53. The van der Waals surface area contributed by atoms with Crippen molar-refractivity contribution in [2.75, 3.05) is 19.0 Å². The summed E-state index contributed by atoms with van der Waals surface area (Å²) in [6.45, 7) is 2.43. The van der Waals surface area contributed by atoms with E-state index in [-0.39, 0.29) is 18.0 Å². The molecule has 6 heteroatoms. The lowest BCUT2D eigenvalue weighted by Crippen LogP contribution is -2.41. The molecule has 3 rings (SSSR count). The molecule has 6 nitrogen and oxygen atoms in total. The van der Waals surface area contributed by atoms with Gasteiger partial charge in [-0.3, -0.25) is 4.79 Å². The molecule has 2 bridgehead atoms. The molecule has 26 heavy (non-hydrogen) atoms. The first-order valence-corrected chi connectivity index (χ1v) is 9.53. The van der Waals surface area contributed by atoms with E-state index >= 15 is 0 Å². The number of amides is 3. The van der Waals surface area contributed by atoms with Gasteiger partial charge >= 0.3 is 6.03 Å². The molecule has 1 aromatic carbocycles. The van der Waals surface area contributed by atoms with E-state index in [1.54, 1.807) is 31.4 Å². The lowest BCUT2D eigenvalue weighted by atomic mass is 9.84. The molecule has 0 unspecified atom stereocenters. The number of methoxy groups -OCH3 is 1. The van der Waals surface area contributed by atoms with Gasteiger partial charge in [-0.15, -0.1) is 0 Å². The van der Waals surface area contributed by atoms with Gasteiger partial charge in [0.15, 0.2) is 0 Å². The van der Waals surface area contributed by atoms with Crippen LogP contribution in [0.4, 0.5) is 10.5 Å². The Hall–Kier alpha value is -2.24. The van der Waals surface area contributed by atoms with Crippen LogP contribution in [0.5, 0.6) is 5.75 Å². The van der Waals surface area contributed by atoms with Gasteiger partial charge in [0.1, 0.15) is 5.75 Å². The summed E-state index contributed by atoms with van der Waals surface area (Å²) in [4.78, 5) is 24.0. The van der Waals surface area contributed by atoms with Crippen molar-refractivity contribution in [3.05, 3.63) is 24.3 Å². The number of rotatable bonds is 7. The number of ether oxygens (including phenoxy) is 1. The number of hydrogen-bond acceptors (Lipinski definition) is 3. The SMILES string of the molecule is COc1ccc(NC(=O)NCCC(=O)N[C@H](C)[C@@H]2C[C@H]3CC[C@H]2C3)cc1. The first kappa shape index (κ1) is 18.5. The van der Waals surface area contributed by atoms with Crippen molar-refractivity contribution in [3.63, 3.8) is 0 Å². The minimum Gasteiger partial charge on any atom is -0.497 e. The number of hydrogen-bond donors (Lipinski definition) is 3. The summed E-state index contributed by atoms with van der Waals surface area (Å²) >= 11 is 0. The van der Waals surface area contributed by atoms with Gasteiger partial charge < -0.3 is 20.7 Å². The van der Waals surface area contributed by atoms with Crippen molar-refractivity contribution in [1.29, 1.82) is 0 Å². The molecule has 2 aliphatic rings. The second kappa shape index (κ2) is 8.43. The number of anilines is 1. The fourth-order valence-corrected chi connectivity index (χ4v) is 4.48. The molecule has 3 amide bonds. The zero-order valence-corrected chi connectivity index (χ0v) is 15.6. The highest BCUT2D eigenvalue weighted by Gasteiger charge is 2.42. The minimum absolute atomic E-state index is 0.00465. The third-order valence-electron chi connectivity index (χ3n) is 5.81. The number of carbonyl (C=O) groups is 2. The van der Waals surface area contributed by atoms with Gasteiger partial charge in [-0.1, -0.05) is 6.42 Å². The average molecular weight is 359 g/mol. The monoisotopic (exact) mass is 359 g/mol. The van der Waals surface area contributed by atoms with Crippen molar-refractivity contribution in [1.82, 2.24) is 10.6 Å².